The quantitative estimate of drug-likeness (QED) is 0.576. The lowest BCUT2D eigenvalue weighted by molar-refractivity contribution is 0.0949. The minimum Gasteiger partial charge on any atom is -0.272 e. The molecule has 0 unspecified atom stereocenters. The van der Waals surface area contributed by atoms with Gasteiger partial charge in [-0.15, -0.1) is 0 Å². The van der Waals surface area contributed by atoms with Crippen LogP contribution in [0.5, 0.6) is 0 Å². The van der Waals surface area contributed by atoms with Crippen molar-refractivity contribution in [2.45, 2.75) is 12.8 Å². The molecule has 2 N–H and O–H groups in total. The van der Waals surface area contributed by atoms with Crippen LogP contribution in [0.15, 0.2) is 59.7 Å². The predicted octanol–water partition coefficient (Wildman–Crippen LogP) is 2.94. The predicted molar refractivity (Wildman–Crippen MR) is 92.9 cm³/mol. The van der Waals surface area contributed by atoms with Crippen LogP contribution in [0.4, 0.5) is 0 Å². The number of hydrogen-bond donors (Lipinski definition) is 2. The van der Waals surface area contributed by atoms with Crippen LogP contribution < -0.4 is 5.43 Å². The van der Waals surface area contributed by atoms with Crippen molar-refractivity contribution in [3.8, 4) is 11.3 Å². The third-order valence-electron chi connectivity index (χ3n) is 4.19. The zero-order valence-corrected chi connectivity index (χ0v) is 13.0. The Hall–Kier alpha value is -3.21. The molecule has 5 heteroatoms. The second-order valence-corrected chi connectivity index (χ2v) is 5.69. The number of amides is 1. The van der Waals surface area contributed by atoms with Gasteiger partial charge in [-0.3, -0.25) is 9.89 Å². The monoisotopic (exact) mass is 316 g/mol. The summed E-state index contributed by atoms with van der Waals surface area (Å²) in [6.45, 7) is 0. The van der Waals surface area contributed by atoms with E-state index in [-0.39, 0.29) is 5.91 Å². The second-order valence-electron chi connectivity index (χ2n) is 5.69. The highest BCUT2D eigenvalue weighted by atomic mass is 16.2. The summed E-state index contributed by atoms with van der Waals surface area (Å²) >= 11 is 0. The van der Waals surface area contributed by atoms with Crippen molar-refractivity contribution in [3.05, 3.63) is 77.0 Å². The number of carbonyl (C=O) groups excluding carboxylic acids is 1. The highest BCUT2D eigenvalue weighted by molar-refractivity contribution is 5.96. The molecule has 1 aromatic heterocycles. The summed E-state index contributed by atoms with van der Waals surface area (Å²) in [7, 11) is 0. The zero-order valence-electron chi connectivity index (χ0n) is 13.0. The summed E-state index contributed by atoms with van der Waals surface area (Å²) in [5, 5.41) is 11.2. The van der Waals surface area contributed by atoms with Crippen LogP contribution in [0, 0.1) is 0 Å². The second kappa shape index (κ2) is 6.12. The lowest BCUT2D eigenvalue weighted by Crippen LogP contribution is -2.20. The van der Waals surface area contributed by atoms with Gasteiger partial charge in [-0.2, -0.15) is 10.2 Å². The molecule has 0 atom stereocenters. The lowest BCUT2D eigenvalue weighted by atomic mass is 9.89. The van der Waals surface area contributed by atoms with E-state index in [0.29, 0.717) is 5.69 Å². The highest BCUT2D eigenvalue weighted by Gasteiger charge is 2.24. The van der Waals surface area contributed by atoms with Gasteiger partial charge < -0.3 is 0 Å². The highest BCUT2D eigenvalue weighted by Crippen LogP contribution is 2.33. The van der Waals surface area contributed by atoms with Crippen LogP contribution in [0.3, 0.4) is 0 Å². The number of hydrazone groups is 1. The Morgan fingerprint density at radius 1 is 1.08 bits per heavy atom. The number of H-pyrrole nitrogens is 1. The summed E-state index contributed by atoms with van der Waals surface area (Å²) in [6.07, 6.45) is 3.33. The number of aromatic nitrogens is 2. The van der Waals surface area contributed by atoms with E-state index in [1.165, 1.54) is 5.56 Å². The molecule has 0 radical (unpaired) electrons. The Morgan fingerprint density at radius 2 is 1.88 bits per heavy atom. The van der Waals surface area contributed by atoms with Crippen LogP contribution in [-0.2, 0) is 12.8 Å². The Balaban J connectivity index is 1.55. The number of rotatable bonds is 3. The zero-order chi connectivity index (χ0) is 16.4. The van der Waals surface area contributed by atoms with Gasteiger partial charge in [0, 0.05) is 11.1 Å². The van der Waals surface area contributed by atoms with Crippen LogP contribution in [0.2, 0.25) is 0 Å². The van der Waals surface area contributed by atoms with E-state index in [1.54, 1.807) is 6.21 Å². The van der Waals surface area contributed by atoms with Crippen LogP contribution in [0.1, 0.15) is 27.2 Å². The molecule has 24 heavy (non-hydrogen) atoms. The molecule has 1 amide bonds. The first-order chi connectivity index (χ1) is 11.8. The summed E-state index contributed by atoms with van der Waals surface area (Å²) < 4.78 is 0. The van der Waals surface area contributed by atoms with Gasteiger partial charge in [0.2, 0.25) is 0 Å². The molecular weight excluding hydrogens is 300 g/mol. The van der Waals surface area contributed by atoms with Crippen molar-refractivity contribution in [1.82, 2.24) is 15.6 Å². The van der Waals surface area contributed by atoms with Crippen molar-refractivity contribution in [1.29, 1.82) is 0 Å². The number of nitrogens with zero attached hydrogens (tertiary/aromatic N) is 2. The van der Waals surface area contributed by atoms with Gasteiger partial charge in [-0.05, 0) is 24.0 Å². The van der Waals surface area contributed by atoms with E-state index in [0.717, 1.165) is 35.2 Å². The Bertz CT molecular complexity index is 912. The van der Waals surface area contributed by atoms with Gasteiger partial charge in [-0.25, -0.2) is 5.43 Å². The Kier molecular flexibility index (Phi) is 3.67. The summed E-state index contributed by atoms with van der Waals surface area (Å²) in [5.74, 6) is -0.268. The van der Waals surface area contributed by atoms with Crippen LogP contribution in [-0.4, -0.2) is 22.3 Å². The van der Waals surface area contributed by atoms with E-state index >= 15 is 0 Å². The number of fused-ring (bicyclic) bond motifs is 3. The molecule has 4 rings (SSSR count). The minimum absolute atomic E-state index is 0.268. The van der Waals surface area contributed by atoms with Gasteiger partial charge in [-0.1, -0.05) is 54.6 Å². The number of hydrogen-bond acceptors (Lipinski definition) is 3. The molecule has 5 nitrogen and oxygen atoms in total. The fraction of sp³-hybridized carbons (Fsp3) is 0.105. The normalized spacial score (nSPS) is 12.7. The van der Waals surface area contributed by atoms with Crippen LogP contribution in [0.25, 0.3) is 11.3 Å². The first kappa shape index (κ1) is 14.4. The number of nitrogens with one attached hydrogen (secondary N) is 2. The van der Waals surface area contributed by atoms with E-state index in [2.05, 4.69) is 26.8 Å². The molecule has 1 heterocycles. The van der Waals surface area contributed by atoms with Crippen molar-refractivity contribution in [2.75, 3.05) is 0 Å². The molecule has 0 spiro atoms. The molecule has 3 aromatic rings. The molecule has 0 saturated heterocycles. The third-order valence-corrected chi connectivity index (χ3v) is 4.19. The van der Waals surface area contributed by atoms with E-state index in [9.17, 15) is 4.79 Å². The fourth-order valence-electron chi connectivity index (χ4n) is 3.01. The maximum atomic E-state index is 12.4. The SMILES string of the molecule is O=C(N/N=C/c1ccccc1)c1[nH]nc2c1CCc1ccccc1-2. The Labute approximate surface area is 139 Å². The minimum atomic E-state index is -0.268. The largest absolute Gasteiger partial charge is 0.289 e. The molecule has 1 aliphatic rings. The molecule has 118 valence electrons. The number of benzene rings is 2. The van der Waals surface area contributed by atoms with E-state index < -0.39 is 0 Å². The average molecular weight is 316 g/mol. The molecule has 0 aliphatic heterocycles. The third kappa shape index (κ3) is 2.60. The van der Waals surface area contributed by atoms with Gasteiger partial charge >= 0.3 is 0 Å². The Morgan fingerprint density at radius 3 is 2.75 bits per heavy atom. The maximum absolute atomic E-state index is 12.4. The summed E-state index contributed by atoms with van der Waals surface area (Å²) in [6, 6.07) is 17.8. The lowest BCUT2D eigenvalue weighted by Gasteiger charge is -2.15. The van der Waals surface area contributed by atoms with Crippen LogP contribution >= 0.6 is 0 Å². The topological polar surface area (TPSA) is 70.1 Å². The molecule has 0 fully saturated rings. The fourth-order valence-corrected chi connectivity index (χ4v) is 3.01. The van der Waals surface area contributed by atoms with Crippen molar-refractivity contribution in [2.24, 2.45) is 5.10 Å². The number of aryl methyl sites for hydroxylation is 1. The van der Waals surface area contributed by atoms with Gasteiger partial charge in [0.1, 0.15) is 5.69 Å². The molecule has 0 saturated carbocycles. The molecule has 1 aliphatic carbocycles. The number of aromatic amines is 1. The van der Waals surface area contributed by atoms with E-state index in [1.807, 2.05) is 48.5 Å². The van der Waals surface area contributed by atoms with Crippen molar-refractivity contribution in [3.63, 3.8) is 0 Å². The van der Waals surface area contributed by atoms with Crippen molar-refractivity contribution >= 4 is 12.1 Å². The smallest absolute Gasteiger partial charge is 0.272 e. The van der Waals surface area contributed by atoms with Crippen molar-refractivity contribution < 1.29 is 4.79 Å². The average Bonchev–Trinajstić information content (AvgIpc) is 3.07. The molecular formula is C19H16N4O. The summed E-state index contributed by atoms with van der Waals surface area (Å²) in [4.78, 5) is 12.4. The molecule has 2 aromatic carbocycles. The van der Waals surface area contributed by atoms with Gasteiger partial charge in [0.15, 0.2) is 0 Å². The number of carbonyl (C=O) groups is 1. The van der Waals surface area contributed by atoms with Gasteiger partial charge in [0.25, 0.3) is 5.91 Å². The van der Waals surface area contributed by atoms with Gasteiger partial charge in [0.05, 0.1) is 11.9 Å². The van der Waals surface area contributed by atoms with E-state index in [4.69, 9.17) is 0 Å². The standard InChI is InChI=1S/C19H16N4O/c24-19(23-20-12-13-6-2-1-3-7-13)18-16-11-10-14-8-4-5-9-15(14)17(16)21-22-18/h1-9,12H,10-11H2,(H,21,22)(H,23,24)/b20-12+. The first-order valence-corrected chi connectivity index (χ1v) is 7.87. The summed E-state index contributed by atoms with van der Waals surface area (Å²) in [5.41, 5.74) is 8.18. The molecule has 0 bridgehead atoms. The maximum Gasteiger partial charge on any atom is 0.289 e. The first-order valence-electron chi connectivity index (χ1n) is 7.87.